The highest BCUT2D eigenvalue weighted by molar-refractivity contribution is 5.87. The number of nitrogens with zero attached hydrogens (tertiary/aromatic N) is 1. The zero-order valence-electron chi connectivity index (χ0n) is 12.6. The molecular formula is C20H19N. The summed E-state index contributed by atoms with van der Waals surface area (Å²) in [5.41, 5.74) is 5.02. The summed E-state index contributed by atoms with van der Waals surface area (Å²) >= 11 is 0. The summed E-state index contributed by atoms with van der Waals surface area (Å²) in [7, 11) is 0. The molecule has 3 rings (SSSR count). The van der Waals surface area contributed by atoms with E-state index in [1.807, 2.05) is 6.08 Å². The number of rotatable bonds is 2. The molecule has 0 spiro atoms. The fraction of sp³-hybridized carbons (Fsp3) is 0.100. The van der Waals surface area contributed by atoms with Gasteiger partial charge in [-0.3, -0.25) is 0 Å². The molecule has 3 aromatic rings. The number of hydrogen-bond acceptors (Lipinski definition) is 0. The molecule has 1 aromatic heterocycles. The number of allylic oxidation sites excluding steroid dienone is 1. The van der Waals surface area contributed by atoms with Gasteiger partial charge in [0.2, 0.25) is 0 Å². The topological polar surface area (TPSA) is 4.93 Å². The summed E-state index contributed by atoms with van der Waals surface area (Å²) in [4.78, 5) is 0. The number of aryl methyl sites for hydroxylation is 1. The van der Waals surface area contributed by atoms with E-state index >= 15 is 0 Å². The quantitative estimate of drug-likeness (QED) is 0.672. The molecule has 0 atom stereocenters. The Morgan fingerprint density at radius 1 is 1.05 bits per heavy atom. The number of aromatic nitrogens is 1. The van der Waals surface area contributed by atoms with Gasteiger partial charge in [0.25, 0.3) is 0 Å². The first kappa shape index (κ1) is 13.4. The molecule has 0 aliphatic carbocycles. The minimum absolute atomic E-state index is 1.02. The van der Waals surface area contributed by atoms with Crippen LogP contribution < -0.4 is 10.4 Å². The van der Waals surface area contributed by atoms with E-state index in [4.69, 9.17) is 0 Å². The van der Waals surface area contributed by atoms with Crippen LogP contribution in [0.3, 0.4) is 0 Å². The molecule has 2 aromatic carbocycles. The Balaban J connectivity index is 2.39. The van der Waals surface area contributed by atoms with Crippen LogP contribution >= 0.6 is 0 Å². The monoisotopic (exact) mass is 273 g/mol. The van der Waals surface area contributed by atoms with Crippen molar-refractivity contribution in [3.8, 4) is 5.69 Å². The van der Waals surface area contributed by atoms with Crippen LogP contribution in [0.1, 0.15) is 11.3 Å². The van der Waals surface area contributed by atoms with Gasteiger partial charge in [0.05, 0.1) is 5.52 Å². The van der Waals surface area contributed by atoms with Crippen molar-refractivity contribution in [1.82, 2.24) is 4.57 Å². The van der Waals surface area contributed by atoms with Crippen LogP contribution in [0.25, 0.3) is 29.2 Å². The molecule has 0 aliphatic rings. The molecule has 0 aliphatic heterocycles. The van der Waals surface area contributed by atoms with Crippen LogP contribution in [0.15, 0.2) is 55.1 Å². The maximum Gasteiger partial charge on any atom is 0.0534 e. The number of fused-ring (bicyclic) bond motifs is 1. The largest absolute Gasteiger partial charge is 0.314 e. The third kappa shape index (κ3) is 2.11. The molecule has 0 saturated carbocycles. The first-order chi connectivity index (χ1) is 10.1. The fourth-order valence-corrected chi connectivity index (χ4v) is 2.87. The maximum absolute atomic E-state index is 4.08. The first-order valence-electron chi connectivity index (χ1n) is 7.12. The van der Waals surface area contributed by atoms with Crippen molar-refractivity contribution >= 4 is 23.6 Å². The predicted molar refractivity (Wildman–Crippen MR) is 92.2 cm³/mol. The van der Waals surface area contributed by atoms with Gasteiger partial charge in [-0.25, -0.2) is 0 Å². The van der Waals surface area contributed by atoms with Crippen molar-refractivity contribution in [2.45, 2.75) is 13.8 Å². The van der Waals surface area contributed by atoms with E-state index in [0.717, 1.165) is 16.1 Å². The second kappa shape index (κ2) is 5.10. The van der Waals surface area contributed by atoms with Crippen molar-refractivity contribution in [3.63, 3.8) is 0 Å². The molecule has 0 bridgehead atoms. The van der Waals surface area contributed by atoms with E-state index in [1.54, 1.807) is 6.08 Å². The van der Waals surface area contributed by atoms with Gasteiger partial charge in [-0.05, 0) is 48.0 Å². The second-order valence-corrected chi connectivity index (χ2v) is 5.35. The van der Waals surface area contributed by atoms with E-state index in [-0.39, 0.29) is 0 Å². The second-order valence-electron chi connectivity index (χ2n) is 5.35. The lowest BCUT2D eigenvalue weighted by molar-refractivity contribution is 1.04. The zero-order chi connectivity index (χ0) is 15.0. The Morgan fingerprint density at radius 2 is 1.81 bits per heavy atom. The van der Waals surface area contributed by atoms with Crippen molar-refractivity contribution in [2.24, 2.45) is 0 Å². The van der Waals surface area contributed by atoms with Crippen LogP contribution in [0.5, 0.6) is 0 Å². The number of para-hydroxylation sites is 1. The number of hydrogen-bond donors (Lipinski definition) is 0. The van der Waals surface area contributed by atoms with E-state index in [0.29, 0.717) is 0 Å². The molecule has 1 heterocycles. The fourth-order valence-electron chi connectivity index (χ4n) is 2.87. The van der Waals surface area contributed by atoms with Crippen molar-refractivity contribution < 1.29 is 0 Å². The Bertz CT molecular complexity index is 942. The lowest BCUT2D eigenvalue weighted by Gasteiger charge is -2.09. The SMILES string of the molecule is C=C/C=c1/cc(-n2c(C)c(C)c3ccccc32)ccc1=C. The normalized spacial score (nSPS) is 12.0. The average Bonchev–Trinajstić information content (AvgIpc) is 2.74. The molecule has 0 N–H and O–H groups in total. The van der Waals surface area contributed by atoms with Crippen LogP contribution in [-0.4, -0.2) is 4.57 Å². The van der Waals surface area contributed by atoms with Gasteiger partial charge in [0, 0.05) is 16.8 Å². The summed E-state index contributed by atoms with van der Waals surface area (Å²) in [6.07, 6.45) is 3.80. The Morgan fingerprint density at radius 3 is 2.57 bits per heavy atom. The molecule has 0 saturated heterocycles. The molecule has 1 nitrogen and oxygen atoms in total. The number of benzene rings is 2. The highest BCUT2D eigenvalue weighted by Crippen LogP contribution is 2.27. The zero-order valence-corrected chi connectivity index (χ0v) is 12.6. The minimum atomic E-state index is 1.02. The van der Waals surface area contributed by atoms with Crippen molar-refractivity contribution in [2.75, 3.05) is 0 Å². The third-order valence-electron chi connectivity index (χ3n) is 4.11. The highest BCUT2D eigenvalue weighted by Gasteiger charge is 2.11. The van der Waals surface area contributed by atoms with Crippen molar-refractivity contribution in [3.05, 3.63) is 76.8 Å². The van der Waals surface area contributed by atoms with Gasteiger partial charge in [0.1, 0.15) is 0 Å². The standard InChI is InChI=1S/C20H19N/c1-5-8-17-13-18(12-11-14(17)2)21-16(4)15(3)19-9-6-7-10-20(19)21/h5-13H,1-2H2,3-4H3/b17-8-. The minimum Gasteiger partial charge on any atom is -0.314 e. The summed E-state index contributed by atoms with van der Waals surface area (Å²) in [5.74, 6) is 0. The van der Waals surface area contributed by atoms with Gasteiger partial charge in [0.15, 0.2) is 0 Å². The maximum atomic E-state index is 4.08. The molecule has 0 unspecified atom stereocenters. The van der Waals surface area contributed by atoms with Gasteiger partial charge in [-0.2, -0.15) is 0 Å². The molecule has 0 fully saturated rings. The Kier molecular flexibility index (Phi) is 3.26. The van der Waals surface area contributed by atoms with Gasteiger partial charge in [-0.1, -0.05) is 49.6 Å². The predicted octanol–water partition coefficient (Wildman–Crippen LogP) is 3.62. The first-order valence-corrected chi connectivity index (χ1v) is 7.12. The van der Waals surface area contributed by atoms with Gasteiger partial charge >= 0.3 is 0 Å². The summed E-state index contributed by atoms with van der Waals surface area (Å²) < 4.78 is 2.31. The lowest BCUT2D eigenvalue weighted by Crippen LogP contribution is -2.23. The summed E-state index contributed by atoms with van der Waals surface area (Å²) in [6.45, 7) is 12.2. The average molecular weight is 273 g/mol. The molecule has 21 heavy (non-hydrogen) atoms. The summed E-state index contributed by atoms with van der Waals surface area (Å²) in [5, 5.41) is 3.43. The molecule has 0 radical (unpaired) electrons. The van der Waals surface area contributed by atoms with Gasteiger partial charge < -0.3 is 4.57 Å². The van der Waals surface area contributed by atoms with E-state index in [2.05, 4.69) is 74.0 Å². The van der Waals surface area contributed by atoms with Crippen LogP contribution in [0, 0.1) is 13.8 Å². The van der Waals surface area contributed by atoms with Gasteiger partial charge in [-0.15, -0.1) is 0 Å². The molecule has 104 valence electrons. The van der Waals surface area contributed by atoms with E-state index < -0.39 is 0 Å². The molecule has 0 amide bonds. The highest BCUT2D eigenvalue weighted by atomic mass is 15.0. The lowest BCUT2D eigenvalue weighted by atomic mass is 10.2. The summed E-state index contributed by atoms with van der Waals surface area (Å²) in [6, 6.07) is 14.9. The van der Waals surface area contributed by atoms with Crippen LogP contribution in [-0.2, 0) is 0 Å². The molecule has 1 heteroatoms. The van der Waals surface area contributed by atoms with E-state index in [9.17, 15) is 0 Å². The van der Waals surface area contributed by atoms with Crippen molar-refractivity contribution in [1.29, 1.82) is 0 Å². The van der Waals surface area contributed by atoms with E-state index in [1.165, 1.54) is 22.2 Å². The smallest absolute Gasteiger partial charge is 0.0534 e. The molecular weight excluding hydrogens is 254 g/mol. The third-order valence-corrected chi connectivity index (χ3v) is 4.11. The Labute approximate surface area is 125 Å². The van der Waals surface area contributed by atoms with Crippen LogP contribution in [0.2, 0.25) is 0 Å². The van der Waals surface area contributed by atoms with Crippen LogP contribution in [0.4, 0.5) is 0 Å². The Hall–Kier alpha value is -2.54.